The molecule has 0 radical (unpaired) electrons. The lowest BCUT2D eigenvalue weighted by Gasteiger charge is -2.14. The number of benzene rings is 1. The first kappa shape index (κ1) is 41.6. The summed E-state index contributed by atoms with van der Waals surface area (Å²) in [6, 6.07) is 7.31. The highest BCUT2D eigenvalue weighted by molar-refractivity contribution is 7.31. The summed E-state index contributed by atoms with van der Waals surface area (Å²) in [7, 11) is 0. The fraction of sp³-hybridized carbons (Fsp3) is 0.652. The quantitative estimate of drug-likeness (QED) is 0.0471. The van der Waals surface area contributed by atoms with E-state index >= 15 is 0 Å². The lowest BCUT2D eigenvalue weighted by atomic mass is 10.1. The summed E-state index contributed by atoms with van der Waals surface area (Å²) >= 11 is 7.83. The number of rotatable bonds is 28. The highest BCUT2D eigenvalue weighted by Gasteiger charge is 2.24. The van der Waals surface area contributed by atoms with E-state index in [1.807, 2.05) is 34.0 Å². The number of hydrogen-bond donors (Lipinski definition) is 0. The van der Waals surface area contributed by atoms with Gasteiger partial charge >= 0.3 is 0 Å². The van der Waals surface area contributed by atoms with E-state index in [4.69, 9.17) is 9.47 Å². The standard InChI is InChI=1S/C46H68O2S4/c1-6-9-12-15-18-19-20-21-22-25-28-36-32-37-35(5)50-46(45(37)51-36)40-33-39-42(48-30-27-24-17-14-11-8-3)43-38(31-34(4)49-43)41(44(39)52-40)47-29-26-23-16-13-10-7-2/h31-33H,6-30H2,1-5H3. The van der Waals surface area contributed by atoms with Crippen LogP contribution in [0.5, 0.6) is 11.5 Å². The molecule has 0 amide bonds. The van der Waals surface area contributed by atoms with Crippen molar-refractivity contribution in [1.82, 2.24) is 0 Å². The summed E-state index contributed by atoms with van der Waals surface area (Å²) < 4.78 is 17.6. The zero-order valence-electron chi connectivity index (χ0n) is 33.4. The minimum absolute atomic E-state index is 0.784. The van der Waals surface area contributed by atoms with Crippen LogP contribution < -0.4 is 9.47 Å². The first-order valence-electron chi connectivity index (χ1n) is 21.3. The third-order valence-electron chi connectivity index (χ3n) is 10.6. The Kier molecular flexibility index (Phi) is 18.1. The molecular weight excluding hydrogens is 713 g/mol. The van der Waals surface area contributed by atoms with Crippen LogP contribution in [0.15, 0.2) is 18.2 Å². The van der Waals surface area contributed by atoms with Gasteiger partial charge in [-0.15, -0.1) is 45.3 Å². The molecule has 0 bridgehead atoms. The molecule has 6 heteroatoms. The van der Waals surface area contributed by atoms with Crippen LogP contribution in [0.4, 0.5) is 0 Å². The highest BCUT2D eigenvalue weighted by Crippen LogP contribution is 2.53. The Morgan fingerprint density at radius 3 is 1.48 bits per heavy atom. The summed E-state index contributed by atoms with van der Waals surface area (Å²) in [4.78, 5) is 7.14. The van der Waals surface area contributed by atoms with Crippen LogP contribution in [-0.2, 0) is 6.42 Å². The highest BCUT2D eigenvalue weighted by atomic mass is 32.1. The zero-order chi connectivity index (χ0) is 36.5. The predicted molar refractivity (Wildman–Crippen MR) is 239 cm³/mol. The van der Waals surface area contributed by atoms with Gasteiger partial charge < -0.3 is 9.47 Å². The van der Waals surface area contributed by atoms with Crippen LogP contribution in [0, 0.1) is 13.8 Å². The van der Waals surface area contributed by atoms with E-state index < -0.39 is 0 Å². The summed E-state index contributed by atoms with van der Waals surface area (Å²) in [5, 5.41) is 3.97. The second kappa shape index (κ2) is 22.7. The molecule has 0 N–H and O–H groups in total. The lowest BCUT2D eigenvalue weighted by Crippen LogP contribution is -2.00. The van der Waals surface area contributed by atoms with E-state index in [0.29, 0.717) is 0 Å². The van der Waals surface area contributed by atoms with Crippen molar-refractivity contribution >= 4 is 75.6 Å². The van der Waals surface area contributed by atoms with Gasteiger partial charge in [0.1, 0.15) is 11.5 Å². The van der Waals surface area contributed by atoms with Crippen molar-refractivity contribution < 1.29 is 9.47 Å². The Morgan fingerprint density at radius 2 is 0.923 bits per heavy atom. The second-order valence-electron chi connectivity index (χ2n) is 15.2. The Balaban J connectivity index is 1.35. The van der Waals surface area contributed by atoms with Gasteiger partial charge in [0.15, 0.2) is 0 Å². The summed E-state index contributed by atoms with van der Waals surface area (Å²) in [5.74, 6) is 2.17. The predicted octanol–water partition coefficient (Wildman–Crippen LogP) is 17.6. The van der Waals surface area contributed by atoms with Crippen LogP contribution in [0.1, 0.15) is 177 Å². The number of ether oxygens (including phenoxy) is 2. The van der Waals surface area contributed by atoms with E-state index in [-0.39, 0.29) is 0 Å². The molecule has 0 aliphatic heterocycles. The zero-order valence-corrected chi connectivity index (χ0v) is 36.6. The second-order valence-corrected chi connectivity index (χ2v) is 19.9. The summed E-state index contributed by atoms with van der Waals surface area (Å²) in [6.07, 6.45) is 30.4. The molecule has 288 valence electrons. The van der Waals surface area contributed by atoms with Crippen molar-refractivity contribution in [3.05, 3.63) is 32.8 Å². The lowest BCUT2D eigenvalue weighted by molar-refractivity contribution is 0.307. The Hall–Kier alpha value is -1.60. The largest absolute Gasteiger partial charge is 0.491 e. The number of aryl methyl sites for hydroxylation is 3. The van der Waals surface area contributed by atoms with Crippen molar-refractivity contribution in [3.8, 4) is 21.3 Å². The molecular formula is C46H68O2S4. The minimum Gasteiger partial charge on any atom is -0.491 e. The molecule has 0 aliphatic rings. The maximum absolute atomic E-state index is 6.80. The molecule has 0 spiro atoms. The van der Waals surface area contributed by atoms with E-state index in [0.717, 1.165) is 37.6 Å². The SMILES string of the molecule is CCCCCCCCCCCCc1cc2c(C)sc(-c3cc4c(OCCCCCCCC)c5sc(C)cc5c(OCCCCCCCC)c4s3)c2s1. The molecule has 52 heavy (non-hydrogen) atoms. The number of unbranched alkanes of at least 4 members (excludes halogenated alkanes) is 19. The molecule has 0 saturated heterocycles. The van der Waals surface area contributed by atoms with E-state index in [9.17, 15) is 0 Å². The van der Waals surface area contributed by atoms with E-state index in [1.54, 1.807) is 4.88 Å². The summed E-state index contributed by atoms with van der Waals surface area (Å²) in [6.45, 7) is 13.0. The first-order valence-corrected chi connectivity index (χ1v) is 24.6. The molecule has 2 nitrogen and oxygen atoms in total. The van der Waals surface area contributed by atoms with E-state index in [2.05, 4.69) is 64.2 Å². The monoisotopic (exact) mass is 780 g/mol. The van der Waals surface area contributed by atoms with Crippen LogP contribution >= 0.6 is 45.3 Å². The third kappa shape index (κ3) is 11.7. The molecule has 0 saturated carbocycles. The van der Waals surface area contributed by atoms with E-state index in [1.165, 1.54) is 185 Å². The average molecular weight is 781 g/mol. The van der Waals surface area contributed by atoms with Crippen molar-refractivity contribution in [2.24, 2.45) is 0 Å². The van der Waals surface area contributed by atoms with Crippen LogP contribution in [0.3, 0.4) is 0 Å². The van der Waals surface area contributed by atoms with Gasteiger partial charge in [-0.25, -0.2) is 0 Å². The maximum Gasteiger partial charge on any atom is 0.146 e. The molecule has 0 atom stereocenters. The van der Waals surface area contributed by atoms with Crippen molar-refractivity contribution in [3.63, 3.8) is 0 Å². The molecule has 4 aromatic heterocycles. The van der Waals surface area contributed by atoms with Crippen molar-refractivity contribution in [2.45, 2.75) is 182 Å². The molecule has 5 rings (SSSR count). The maximum atomic E-state index is 6.80. The number of hydrogen-bond acceptors (Lipinski definition) is 6. The van der Waals surface area contributed by atoms with Gasteiger partial charge in [-0.3, -0.25) is 0 Å². The normalized spacial score (nSPS) is 11.9. The van der Waals surface area contributed by atoms with Gasteiger partial charge in [0.05, 0.1) is 32.2 Å². The van der Waals surface area contributed by atoms with Crippen molar-refractivity contribution in [1.29, 1.82) is 0 Å². The molecule has 5 aromatic rings. The Morgan fingerprint density at radius 1 is 0.442 bits per heavy atom. The fourth-order valence-electron chi connectivity index (χ4n) is 7.54. The molecule has 0 aliphatic carbocycles. The van der Waals surface area contributed by atoms with Gasteiger partial charge in [-0.2, -0.15) is 0 Å². The fourth-order valence-corrected chi connectivity index (χ4v) is 12.5. The summed E-state index contributed by atoms with van der Waals surface area (Å²) in [5.41, 5.74) is 0. The Labute approximate surface area is 332 Å². The molecule has 4 heterocycles. The van der Waals surface area contributed by atoms with Crippen molar-refractivity contribution in [2.75, 3.05) is 13.2 Å². The smallest absolute Gasteiger partial charge is 0.146 e. The van der Waals surface area contributed by atoms with Gasteiger partial charge in [0.2, 0.25) is 0 Å². The topological polar surface area (TPSA) is 18.5 Å². The first-order chi connectivity index (χ1) is 25.5. The Bertz CT molecular complexity index is 1680. The minimum atomic E-state index is 0.784. The third-order valence-corrected chi connectivity index (χ3v) is 15.4. The van der Waals surface area contributed by atoms with Gasteiger partial charge in [-0.05, 0) is 57.7 Å². The van der Waals surface area contributed by atoms with Gasteiger partial charge in [-0.1, -0.05) is 143 Å². The van der Waals surface area contributed by atoms with Crippen LogP contribution in [-0.4, -0.2) is 13.2 Å². The molecule has 1 aromatic carbocycles. The number of thiophene rings is 4. The molecule has 0 unspecified atom stereocenters. The van der Waals surface area contributed by atoms with Crippen LogP contribution in [0.25, 0.3) is 40.0 Å². The number of fused-ring (bicyclic) bond motifs is 3. The van der Waals surface area contributed by atoms with Crippen LogP contribution in [0.2, 0.25) is 0 Å². The molecule has 0 fully saturated rings. The van der Waals surface area contributed by atoms with Gasteiger partial charge in [0, 0.05) is 35.7 Å². The van der Waals surface area contributed by atoms with Gasteiger partial charge in [0.25, 0.3) is 0 Å². The average Bonchev–Trinajstić information content (AvgIpc) is 3.92.